The normalized spacial score (nSPS) is 10.3. The summed E-state index contributed by atoms with van der Waals surface area (Å²) < 4.78 is 10.8. The maximum atomic E-state index is 10.9. The summed E-state index contributed by atoms with van der Waals surface area (Å²) in [4.78, 5) is 21.8. The number of carboxylic acid groups (broad SMARTS) is 2. The highest BCUT2D eigenvalue weighted by Crippen LogP contribution is 2.29. The molecule has 0 bridgehead atoms. The fourth-order valence-corrected chi connectivity index (χ4v) is 1.74. The van der Waals surface area contributed by atoms with Crippen molar-refractivity contribution in [2.45, 2.75) is 20.3 Å². The Morgan fingerprint density at radius 3 is 2.10 bits per heavy atom. The first-order chi connectivity index (χ1) is 9.49. The number of carbonyl (C=O) groups is 2. The average molecular weight is 282 g/mol. The Kier molecular flexibility index (Phi) is 5.83. The molecule has 0 aliphatic rings. The average Bonchev–Trinajstić information content (AvgIpc) is 2.38. The van der Waals surface area contributed by atoms with Crippen LogP contribution in [0.3, 0.4) is 0 Å². The molecule has 0 amide bonds. The molecule has 0 spiro atoms. The van der Waals surface area contributed by atoms with Gasteiger partial charge in [-0.15, -0.1) is 0 Å². The number of benzene rings is 1. The van der Waals surface area contributed by atoms with Crippen molar-refractivity contribution >= 4 is 11.9 Å². The Morgan fingerprint density at radius 1 is 1.05 bits per heavy atom. The molecular formula is C14H18O6. The standard InChI is InChI=1S/C14H18O6/c1-3-19-11-6-5-9(8-12(11)20-4-2)7-10(13(15)16)14(17)18/h5-6,8,10H,3-4,7H2,1-2H3,(H,15,16)(H,17,18). The van der Waals surface area contributed by atoms with E-state index in [1.165, 1.54) is 0 Å². The summed E-state index contributed by atoms with van der Waals surface area (Å²) in [6.45, 7) is 4.57. The molecule has 0 saturated heterocycles. The Bertz CT molecular complexity index is 469. The van der Waals surface area contributed by atoms with Crippen LogP contribution in [0.5, 0.6) is 11.5 Å². The molecule has 0 aliphatic carbocycles. The molecule has 1 aromatic carbocycles. The second-order valence-electron chi connectivity index (χ2n) is 4.08. The first kappa shape index (κ1) is 15.8. The Morgan fingerprint density at radius 2 is 1.60 bits per heavy atom. The van der Waals surface area contributed by atoms with Crippen LogP contribution in [-0.2, 0) is 16.0 Å². The van der Waals surface area contributed by atoms with Gasteiger partial charge in [0.25, 0.3) is 0 Å². The van der Waals surface area contributed by atoms with Crippen LogP contribution in [0.4, 0.5) is 0 Å². The fraction of sp³-hybridized carbons (Fsp3) is 0.429. The third-order valence-corrected chi connectivity index (χ3v) is 2.64. The number of hydrogen-bond donors (Lipinski definition) is 2. The SMILES string of the molecule is CCOc1ccc(CC(C(=O)O)C(=O)O)cc1OCC. The van der Waals surface area contributed by atoms with E-state index in [-0.39, 0.29) is 6.42 Å². The molecule has 110 valence electrons. The van der Waals surface area contributed by atoms with Crippen molar-refractivity contribution in [3.8, 4) is 11.5 Å². The van der Waals surface area contributed by atoms with Gasteiger partial charge in [0.1, 0.15) is 0 Å². The van der Waals surface area contributed by atoms with Crippen LogP contribution in [-0.4, -0.2) is 35.4 Å². The third kappa shape index (κ3) is 4.15. The van der Waals surface area contributed by atoms with E-state index in [0.29, 0.717) is 30.3 Å². The first-order valence-electron chi connectivity index (χ1n) is 6.33. The fourth-order valence-electron chi connectivity index (χ4n) is 1.74. The van der Waals surface area contributed by atoms with Gasteiger partial charge in [0.2, 0.25) is 0 Å². The van der Waals surface area contributed by atoms with Gasteiger partial charge in [0.05, 0.1) is 13.2 Å². The monoisotopic (exact) mass is 282 g/mol. The largest absolute Gasteiger partial charge is 0.490 e. The zero-order valence-electron chi connectivity index (χ0n) is 11.5. The van der Waals surface area contributed by atoms with E-state index >= 15 is 0 Å². The lowest BCUT2D eigenvalue weighted by molar-refractivity contribution is -0.154. The van der Waals surface area contributed by atoms with Crippen molar-refractivity contribution in [3.63, 3.8) is 0 Å². The van der Waals surface area contributed by atoms with Gasteiger partial charge in [-0.3, -0.25) is 9.59 Å². The Labute approximate surface area is 116 Å². The molecule has 6 heteroatoms. The van der Waals surface area contributed by atoms with E-state index in [2.05, 4.69) is 0 Å². The van der Waals surface area contributed by atoms with Crippen molar-refractivity contribution in [1.82, 2.24) is 0 Å². The van der Waals surface area contributed by atoms with Crippen molar-refractivity contribution in [2.75, 3.05) is 13.2 Å². The molecule has 1 rings (SSSR count). The topological polar surface area (TPSA) is 93.1 Å². The smallest absolute Gasteiger partial charge is 0.318 e. The predicted octanol–water partition coefficient (Wildman–Crippen LogP) is 1.81. The van der Waals surface area contributed by atoms with Gasteiger partial charge < -0.3 is 19.7 Å². The number of carboxylic acids is 2. The predicted molar refractivity (Wildman–Crippen MR) is 71.2 cm³/mol. The van der Waals surface area contributed by atoms with E-state index in [1.807, 2.05) is 13.8 Å². The number of ether oxygens (including phenoxy) is 2. The Balaban J connectivity index is 2.98. The van der Waals surface area contributed by atoms with E-state index in [9.17, 15) is 9.59 Å². The van der Waals surface area contributed by atoms with Crippen LogP contribution in [0, 0.1) is 5.92 Å². The van der Waals surface area contributed by atoms with E-state index in [0.717, 1.165) is 0 Å². The molecular weight excluding hydrogens is 264 g/mol. The number of rotatable bonds is 8. The minimum Gasteiger partial charge on any atom is -0.490 e. The summed E-state index contributed by atoms with van der Waals surface area (Å²) in [5.74, 6) is -3.14. The Hall–Kier alpha value is -2.24. The van der Waals surface area contributed by atoms with Gasteiger partial charge in [-0.05, 0) is 38.0 Å². The van der Waals surface area contributed by atoms with Gasteiger partial charge in [0.15, 0.2) is 17.4 Å². The minimum atomic E-state index is -1.47. The molecule has 0 unspecified atom stereocenters. The summed E-state index contributed by atoms with van der Waals surface area (Å²) in [7, 11) is 0. The van der Waals surface area contributed by atoms with Crippen molar-refractivity contribution in [3.05, 3.63) is 23.8 Å². The molecule has 0 aliphatic heterocycles. The lowest BCUT2D eigenvalue weighted by Crippen LogP contribution is -2.25. The molecule has 0 heterocycles. The molecule has 2 N–H and O–H groups in total. The zero-order chi connectivity index (χ0) is 15.1. The van der Waals surface area contributed by atoms with Gasteiger partial charge in [-0.25, -0.2) is 0 Å². The lowest BCUT2D eigenvalue weighted by atomic mass is 9.99. The summed E-state index contributed by atoms with van der Waals surface area (Å²) in [5.41, 5.74) is 0.576. The first-order valence-corrected chi connectivity index (χ1v) is 6.33. The van der Waals surface area contributed by atoms with Crippen molar-refractivity contribution in [2.24, 2.45) is 5.92 Å². The zero-order valence-corrected chi connectivity index (χ0v) is 11.5. The molecule has 0 saturated carbocycles. The van der Waals surface area contributed by atoms with Gasteiger partial charge in [-0.1, -0.05) is 6.07 Å². The van der Waals surface area contributed by atoms with Crippen LogP contribution < -0.4 is 9.47 Å². The highest BCUT2D eigenvalue weighted by Gasteiger charge is 2.26. The number of hydrogen-bond acceptors (Lipinski definition) is 4. The van der Waals surface area contributed by atoms with E-state index < -0.39 is 17.9 Å². The third-order valence-electron chi connectivity index (χ3n) is 2.64. The quantitative estimate of drug-likeness (QED) is 0.706. The molecule has 0 atom stereocenters. The van der Waals surface area contributed by atoms with Gasteiger partial charge >= 0.3 is 11.9 Å². The van der Waals surface area contributed by atoms with Crippen LogP contribution in [0.1, 0.15) is 19.4 Å². The second kappa shape index (κ2) is 7.37. The molecule has 6 nitrogen and oxygen atoms in total. The van der Waals surface area contributed by atoms with E-state index in [1.54, 1.807) is 18.2 Å². The minimum absolute atomic E-state index is 0.100. The summed E-state index contributed by atoms with van der Waals surface area (Å²) in [6.07, 6.45) is -0.100. The molecule has 1 aromatic rings. The van der Waals surface area contributed by atoms with E-state index in [4.69, 9.17) is 19.7 Å². The molecule has 20 heavy (non-hydrogen) atoms. The second-order valence-corrected chi connectivity index (χ2v) is 4.08. The summed E-state index contributed by atoms with van der Waals surface area (Å²) in [5, 5.41) is 17.8. The van der Waals surface area contributed by atoms with Crippen LogP contribution >= 0.6 is 0 Å². The van der Waals surface area contributed by atoms with Crippen molar-refractivity contribution in [1.29, 1.82) is 0 Å². The maximum absolute atomic E-state index is 10.9. The molecule has 0 fully saturated rings. The van der Waals surface area contributed by atoms with Crippen LogP contribution in [0.15, 0.2) is 18.2 Å². The van der Waals surface area contributed by atoms with Crippen LogP contribution in [0.2, 0.25) is 0 Å². The molecule has 0 radical (unpaired) electrons. The lowest BCUT2D eigenvalue weighted by Gasteiger charge is -2.13. The van der Waals surface area contributed by atoms with Gasteiger partial charge in [0, 0.05) is 0 Å². The van der Waals surface area contributed by atoms with Gasteiger partial charge in [-0.2, -0.15) is 0 Å². The van der Waals surface area contributed by atoms with Crippen LogP contribution in [0.25, 0.3) is 0 Å². The summed E-state index contributed by atoms with van der Waals surface area (Å²) in [6, 6.07) is 4.92. The summed E-state index contributed by atoms with van der Waals surface area (Å²) >= 11 is 0. The highest BCUT2D eigenvalue weighted by molar-refractivity contribution is 5.93. The molecule has 0 aromatic heterocycles. The maximum Gasteiger partial charge on any atom is 0.318 e. The highest BCUT2D eigenvalue weighted by atomic mass is 16.5. The van der Waals surface area contributed by atoms with Crippen molar-refractivity contribution < 1.29 is 29.3 Å². The number of aliphatic carboxylic acids is 2.